The van der Waals surface area contributed by atoms with Crippen molar-refractivity contribution in [3.8, 4) is 0 Å². The first kappa shape index (κ1) is 17.4. The number of benzene rings is 1. The third-order valence-corrected chi connectivity index (χ3v) is 4.05. The predicted octanol–water partition coefficient (Wildman–Crippen LogP) is 1.34. The first-order valence-corrected chi connectivity index (χ1v) is 7.86. The maximum absolute atomic E-state index is 13.3. The van der Waals surface area contributed by atoms with E-state index >= 15 is 0 Å². The van der Waals surface area contributed by atoms with Gasteiger partial charge in [0.15, 0.2) is 0 Å². The van der Waals surface area contributed by atoms with E-state index in [0.717, 1.165) is 13.0 Å². The lowest BCUT2D eigenvalue weighted by atomic mass is 10.1. The van der Waals surface area contributed by atoms with Crippen LogP contribution >= 0.6 is 0 Å². The predicted molar refractivity (Wildman–Crippen MR) is 86.2 cm³/mol. The molecule has 1 saturated heterocycles. The number of amides is 2. The molecule has 2 rings (SSSR count). The Morgan fingerprint density at radius 1 is 1.30 bits per heavy atom. The summed E-state index contributed by atoms with van der Waals surface area (Å²) in [7, 11) is 3.96. The van der Waals surface area contributed by atoms with Crippen LogP contribution in [-0.4, -0.2) is 66.3 Å². The third kappa shape index (κ3) is 4.51. The van der Waals surface area contributed by atoms with E-state index in [0.29, 0.717) is 12.1 Å². The number of carbonyl (C=O) groups excluding carboxylic acids is 2. The molecule has 0 unspecified atom stereocenters. The standard InChI is InChI=1S/C17H24FN3O2/c1-13-17(23)20(11-14-6-4-7-15(18)10-14)12-16(22)21(13)9-5-8-19(2)3/h4,6-7,10,13H,5,8-9,11-12H2,1-3H3/t13-/m0/s1. The lowest BCUT2D eigenvalue weighted by Gasteiger charge is -2.39. The van der Waals surface area contributed by atoms with Crippen molar-refractivity contribution in [2.45, 2.75) is 25.9 Å². The monoisotopic (exact) mass is 321 g/mol. The van der Waals surface area contributed by atoms with E-state index in [1.165, 1.54) is 17.0 Å². The van der Waals surface area contributed by atoms with Gasteiger partial charge in [0.1, 0.15) is 18.4 Å². The molecular weight excluding hydrogens is 297 g/mol. The molecular formula is C17H24FN3O2. The SMILES string of the molecule is C[C@H]1C(=O)N(Cc2cccc(F)c2)CC(=O)N1CCCN(C)C. The highest BCUT2D eigenvalue weighted by molar-refractivity contribution is 5.94. The first-order chi connectivity index (χ1) is 10.9. The van der Waals surface area contributed by atoms with Crippen LogP contribution in [0.2, 0.25) is 0 Å². The van der Waals surface area contributed by atoms with Gasteiger partial charge in [-0.1, -0.05) is 12.1 Å². The minimum atomic E-state index is -0.466. The fraction of sp³-hybridized carbons (Fsp3) is 0.529. The molecule has 0 N–H and O–H groups in total. The maximum atomic E-state index is 13.3. The van der Waals surface area contributed by atoms with Gasteiger partial charge in [0, 0.05) is 13.1 Å². The number of hydrogen-bond acceptors (Lipinski definition) is 3. The van der Waals surface area contributed by atoms with E-state index in [2.05, 4.69) is 4.90 Å². The summed E-state index contributed by atoms with van der Waals surface area (Å²) in [5.74, 6) is -0.470. The maximum Gasteiger partial charge on any atom is 0.245 e. The quantitative estimate of drug-likeness (QED) is 0.794. The molecule has 1 aromatic carbocycles. The van der Waals surface area contributed by atoms with E-state index in [-0.39, 0.29) is 30.7 Å². The Morgan fingerprint density at radius 3 is 2.70 bits per heavy atom. The van der Waals surface area contributed by atoms with Crippen molar-refractivity contribution in [3.63, 3.8) is 0 Å². The van der Waals surface area contributed by atoms with Crippen molar-refractivity contribution < 1.29 is 14.0 Å². The van der Waals surface area contributed by atoms with E-state index in [1.807, 2.05) is 14.1 Å². The van der Waals surface area contributed by atoms with Crippen LogP contribution in [0.4, 0.5) is 4.39 Å². The van der Waals surface area contributed by atoms with Gasteiger partial charge in [-0.15, -0.1) is 0 Å². The Morgan fingerprint density at radius 2 is 2.04 bits per heavy atom. The van der Waals surface area contributed by atoms with Crippen molar-refractivity contribution in [1.82, 2.24) is 14.7 Å². The first-order valence-electron chi connectivity index (χ1n) is 7.86. The van der Waals surface area contributed by atoms with Crippen molar-refractivity contribution in [2.24, 2.45) is 0 Å². The van der Waals surface area contributed by atoms with Gasteiger partial charge in [-0.25, -0.2) is 4.39 Å². The van der Waals surface area contributed by atoms with Crippen LogP contribution in [0.5, 0.6) is 0 Å². The normalized spacial score (nSPS) is 18.9. The molecule has 0 aromatic heterocycles. The van der Waals surface area contributed by atoms with Crippen molar-refractivity contribution in [2.75, 3.05) is 33.7 Å². The summed E-state index contributed by atoms with van der Waals surface area (Å²) in [6, 6.07) is 5.66. The largest absolute Gasteiger partial charge is 0.329 e. The van der Waals surface area contributed by atoms with Crippen LogP contribution in [0.3, 0.4) is 0 Å². The van der Waals surface area contributed by atoms with Gasteiger partial charge in [0.05, 0.1) is 0 Å². The fourth-order valence-corrected chi connectivity index (χ4v) is 2.81. The fourth-order valence-electron chi connectivity index (χ4n) is 2.81. The van der Waals surface area contributed by atoms with Gasteiger partial charge in [-0.05, 0) is 51.7 Å². The average Bonchev–Trinajstić information content (AvgIpc) is 2.48. The lowest BCUT2D eigenvalue weighted by Crippen LogP contribution is -2.58. The van der Waals surface area contributed by atoms with E-state index in [9.17, 15) is 14.0 Å². The molecule has 1 aliphatic rings. The number of carbonyl (C=O) groups is 2. The molecule has 2 amide bonds. The van der Waals surface area contributed by atoms with Crippen LogP contribution in [0.1, 0.15) is 18.9 Å². The summed E-state index contributed by atoms with van der Waals surface area (Å²) < 4.78 is 13.3. The Labute approximate surface area is 136 Å². The van der Waals surface area contributed by atoms with Crippen molar-refractivity contribution in [1.29, 1.82) is 0 Å². The van der Waals surface area contributed by atoms with Crippen LogP contribution < -0.4 is 0 Å². The number of halogens is 1. The summed E-state index contributed by atoms with van der Waals surface area (Å²) in [4.78, 5) is 30.0. The topological polar surface area (TPSA) is 43.9 Å². The summed E-state index contributed by atoms with van der Waals surface area (Å²) in [5, 5.41) is 0. The molecule has 0 bridgehead atoms. The number of rotatable bonds is 6. The van der Waals surface area contributed by atoms with Gasteiger partial charge in [0.25, 0.3) is 0 Å². The van der Waals surface area contributed by atoms with E-state index < -0.39 is 6.04 Å². The van der Waals surface area contributed by atoms with Crippen LogP contribution in [0, 0.1) is 5.82 Å². The Bertz CT molecular complexity index is 577. The van der Waals surface area contributed by atoms with Gasteiger partial charge >= 0.3 is 0 Å². The van der Waals surface area contributed by atoms with Crippen LogP contribution in [0.25, 0.3) is 0 Å². The van der Waals surface area contributed by atoms with Gasteiger partial charge in [-0.2, -0.15) is 0 Å². The summed E-state index contributed by atoms with van der Waals surface area (Å²) >= 11 is 0. The molecule has 0 radical (unpaired) electrons. The molecule has 0 aliphatic carbocycles. The van der Waals surface area contributed by atoms with Gasteiger partial charge < -0.3 is 14.7 Å². The molecule has 1 aliphatic heterocycles. The molecule has 126 valence electrons. The molecule has 0 spiro atoms. The zero-order valence-corrected chi connectivity index (χ0v) is 14.0. The smallest absolute Gasteiger partial charge is 0.245 e. The zero-order valence-electron chi connectivity index (χ0n) is 14.0. The van der Waals surface area contributed by atoms with Gasteiger partial charge in [-0.3, -0.25) is 9.59 Å². The van der Waals surface area contributed by atoms with E-state index in [1.54, 1.807) is 24.0 Å². The summed E-state index contributed by atoms with van der Waals surface area (Å²) in [6.45, 7) is 3.53. The highest BCUT2D eigenvalue weighted by Crippen LogP contribution is 2.16. The second kappa shape index (κ2) is 7.55. The molecule has 1 atom stereocenters. The number of nitrogens with zero attached hydrogens (tertiary/aromatic N) is 3. The van der Waals surface area contributed by atoms with Crippen molar-refractivity contribution in [3.05, 3.63) is 35.6 Å². The molecule has 5 nitrogen and oxygen atoms in total. The Hall–Kier alpha value is -1.95. The minimum Gasteiger partial charge on any atom is -0.329 e. The molecule has 23 heavy (non-hydrogen) atoms. The van der Waals surface area contributed by atoms with Crippen LogP contribution in [-0.2, 0) is 16.1 Å². The second-order valence-corrected chi connectivity index (χ2v) is 6.24. The molecule has 1 fully saturated rings. The Balaban J connectivity index is 1.99. The minimum absolute atomic E-state index is 0.0488. The van der Waals surface area contributed by atoms with Crippen LogP contribution in [0.15, 0.2) is 24.3 Å². The molecule has 0 saturated carbocycles. The van der Waals surface area contributed by atoms with E-state index in [4.69, 9.17) is 0 Å². The number of hydrogen-bond donors (Lipinski definition) is 0. The van der Waals surface area contributed by atoms with Gasteiger partial charge in [0.2, 0.25) is 11.8 Å². The average molecular weight is 321 g/mol. The molecule has 6 heteroatoms. The van der Waals surface area contributed by atoms with Crippen molar-refractivity contribution >= 4 is 11.8 Å². The third-order valence-electron chi connectivity index (χ3n) is 4.05. The summed E-state index contributed by atoms with van der Waals surface area (Å²) in [5.41, 5.74) is 0.694. The molecule has 1 heterocycles. The summed E-state index contributed by atoms with van der Waals surface area (Å²) in [6.07, 6.45) is 0.834. The highest BCUT2D eigenvalue weighted by Gasteiger charge is 2.35. The Kier molecular flexibility index (Phi) is 5.71. The zero-order chi connectivity index (χ0) is 17.0. The molecule has 1 aromatic rings. The second-order valence-electron chi connectivity index (χ2n) is 6.24. The lowest BCUT2D eigenvalue weighted by molar-refractivity contribution is -0.155. The number of piperazine rings is 1. The highest BCUT2D eigenvalue weighted by atomic mass is 19.1.